The summed E-state index contributed by atoms with van der Waals surface area (Å²) < 4.78 is 0. The summed E-state index contributed by atoms with van der Waals surface area (Å²) in [5.41, 5.74) is 3.64. The molecule has 0 bridgehead atoms. The van der Waals surface area contributed by atoms with Crippen LogP contribution in [0.15, 0.2) is 47.8 Å². The number of fused-ring (bicyclic) bond motifs is 1. The summed E-state index contributed by atoms with van der Waals surface area (Å²) in [5, 5.41) is 9.30. The highest BCUT2D eigenvalue weighted by Crippen LogP contribution is 2.33. The highest BCUT2D eigenvalue weighted by molar-refractivity contribution is 7.10. The van der Waals surface area contributed by atoms with Gasteiger partial charge in [0.15, 0.2) is 0 Å². The number of hydrogen-bond acceptors (Lipinski definition) is 3. The number of thiophene rings is 1. The number of aromatic amines is 1. The van der Waals surface area contributed by atoms with Gasteiger partial charge in [-0.1, -0.05) is 30.3 Å². The molecule has 3 heterocycles. The lowest BCUT2D eigenvalue weighted by molar-refractivity contribution is 0.0673. The van der Waals surface area contributed by atoms with Crippen molar-refractivity contribution in [2.75, 3.05) is 6.54 Å². The monoisotopic (exact) mass is 323 g/mol. The predicted octanol–water partition coefficient (Wildman–Crippen LogP) is 3.90. The summed E-state index contributed by atoms with van der Waals surface area (Å²) in [6.07, 6.45) is 0.933. The maximum atomic E-state index is 12.8. The standard InChI is InChI=1S/C18H17N3OS/c1-12-14-8-10-23-17(14)7-9-21(12)18(22)16-11-15(19-20-16)13-5-3-2-4-6-13/h2-6,8,10-12H,7,9H2,1H3,(H,19,20)/t12-/m0/s1. The van der Waals surface area contributed by atoms with Gasteiger partial charge in [0.05, 0.1) is 11.7 Å². The van der Waals surface area contributed by atoms with Crippen molar-refractivity contribution in [3.63, 3.8) is 0 Å². The van der Waals surface area contributed by atoms with Crippen LogP contribution in [-0.4, -0.2) is 27.5 Å². The maximum absolute atomic E-state index is 12.8. The molecular weight excluding hydrogens is 306 g/mol. The van der Waals surface area contributed by atoms with Crippen LogP contribution in [0.5, 0.6) is 0 Å². The molecule has 0 saturated carbocycles. The van der Waals surface area contributed by atoms with Crippen LogP contribution >= 0.6 is 11.3 Å². The average molecular weight is 323 g/mol. The van der Waals surface area contributed by atoms with Crippen molar-refractivity contribution >= 4 is 17.2 Å². The van der Waals surface area contributed by atoms with Crippen LogP contribution in [0.2, 0.25) is 0 Å². The van der Waals surface area contributed by atoms with E-state index in [2.05, 4.69) is 28.6 Å². The molecule has 1 N–H and O–H groups in total. The molecule has 1 atom stereocenters. The van der Waals surface area contributed by atoms with Crippen LogP contribution in [0.25, 0.3) is 11.3 Å². The van der Waals surface area contributed by atoms with Crippen LogP contribution in [0.3, 0.4) is 0 Å². The van der Waals surface area contributed by atoms with Crippen molar-refractivity contribution in [3.8, 4) is 11.3 Å². The topological polar surface area (TPSA) is 49.0 Å². The number of carbonyl (C=O) groups excluding carboxylic acids is 1. The van der Waals surface area contributed by atoms with E-state index in [9.17, 15) is 4.79 Å². The van der Waals surface area contributed by atoms with E-state index < -0.39 is 0 Å². The van der Waals surface area contributed by atoms with Crippen molar-refractivity contribution in [2.24, 2.45) is 0 Å². The van der Waals surface area contributed by atoms with Crippen LogP contribution < -0.4 is 0 Å². The Morgan fingerprint density at radius 2 is 2.13 bits per heavy atom. The summed E-state index contributed by atoms with van der Waals surface area (Å²) >= 11 is 1.78. The summed E-state index contributed by atoms with van der Waals surface area (Å²) in [7, 11) is 0. The zero-order valence-corrected chi connectivity index (χ0v) is 13.6. The minimum absolute atomic E-state index is 0.0176. The number of nitrogens with zero attached hydrogens (tertiary/aromatic N) is 2. The van der Waals surface area contributed by atoms with Crippen molar-refractivity contribution < 1.29 is 4.79 Å². The first kappa shape index (κ1) is 14.2. The molecule has 0 fully saturated rings. The zero-order chi connectivity index (χ0) is 15.8. The van der Waals surface area contributed by atoms with Gasteiger partial charge >= 0.3 is 0 Å². The number of H-pyrrole nitrogens is 1. The quantitative estimate of drug-likeness (QED) is 0.777. The van der Waals surface area contributed by atoms with Gasteiger partial charge < -0.3 is 4.90 Å². The molecule has 0 aliphatic carbocycles. The number of benzene rings is 1. The van der Waals surface area contributed by atoms with Crippen molar-refractivity contribution in [1.29, 1.82) is 0 Å². The van der Waals surface area contributed by atoms with Crippen LogP contribution in [0.4, 0.5) is 0 Å². The second-order valence-electron chi connectivity index (χ2n) is 5.76. The fourth-order valence-electron chi connectivity index (χ4n) is 3.13. The molecule has 116 valence electrons. The number of aromatic nitrogens is 2. The molecule has 1 aromatic carbocycles. The first-order valence-corrected chi connectivity index (χ1v) is 8.60. The molecular formula is C18H17N3OS. The third-order valence-electron chi connectivity index (χ3n) is 4.42. The second kappa shape index (κ2) is 5.66. The van der Waals surface area contributed by atoms with E-state index in [0.717, 1.165) is 24.2 Å². The lowest BCUT2D eigenvalue weighted by Crippen LogP contribution is -2.38. The zero-order valence-electron chi connectivity index (χ0n) is 12.8. The van der Waals surface area contributed by atoms with Crippen LogP contribution in [0, 0.1) is 0 Å². The summed E-state index contributed by atoms with van der Waals surface area (Å²) in [6.45, 7) is 2.85. The van der Waals surface area contributed by atoms with E-state index in [-0.39, 0.29) is 11.9 Å². The Bertz CT molecular complexity index is 837. The number of rotatable bonds is 2. The van der Waals surface area contributed by atoms with Crippen molar-refractivity contribution in [1.82, 2.24) is 15.1 Å². The smallest absolute Gasteiger partial charge is 0.272 e. The maximum Gasteiger partial charge on any atom is 0.272 e. The Kier molecular flexibility index (Phi) is 3.50. The van der Waals surface area contributed by atoms with Gasteiger partial charge in [-0.2, -0.15) is 5.10 Å². The third kappa shape index (κ3) is 2.47. The SMILES string of the molecule is C[C@H]1c2ccsc2CCN1C(=O)c1cc(-c2ccccc2)n[nH]1. The molecule has 0 saturated heterocycles. The molecule has 4 nitrogen and oxygen atoms in total. The summed E-state index contributed by atoms with van der Waals surface area (Å²) in [5.74, 6) is 0.0176. The van der Waals surface area contributed by atoms with Gasteiger partial charge in [-0.25, -0.2) is 0 Å². The average Bonchev–Trinajstić information content (AvgIpc) is 3.25. The van der Waals surface area contributed by atoms with Crippen LogP contribution in [-0.2, 0) is 6.42 Å². The van der Waals surface area contributed by atoms with Crippen LogP contribution in [0.1, 0.15) is 33.9 Å². The fraction of sp³-hybridized carbons (Fsp3) is 0.222. The third-order valence-corrected chi connectivity index (χ3v) is 5.41. The molecule has 4 rings (SSSR count). The predicted molar refractivity (Wildman–Crippen MR) is 91.5 cm³/mol. The molecule has 23 heavy (non-hydrogen) atoms. The Morgan fingerprint density at radius 3 is 2.96 bits per heavy atom. The second-order valence-corrected chi connectivity index (χ2v) is 6.76. The van der Waals surface area contributed by atoms with Gasteiger partial charge in [0.2, 0.25) is 0 Å². The highest BCUT2D eigenvalue weighted by Gasteiger charge is 2.29. The van der Waals surface area contributed by atoms with E-state index in [1.165, 1.54) is 10.4 Å². The Balaban J connectivity index is 1.60. The van der Waals surface area contributed by atoms with E-state index >= 15 is 0 Å². The first-order chi connectivity index (χ1) is 11.2. The Labute approximate surface area is 138 Å². The number of amides is 1. The summed E-state index contributed by atoms with van der Waals surface area (Å²) in [6, 6.07) is 14.0. The number of carbonyl (C=O) groups is 1. The Morgan fingerprint density at radius 1 is 1.30 bits per heavy atom. The number of nitrogens with one attached hydrogen (secondary N) is 1. The van der Waals surface area contributed by atoms with E-state index in [1.54, 1.807) is 11.3 Å². The largest absolute Gasteiger partial charge is 0.330 e. The molecule has 1 amide bonds. The van der Waals surface area contributed by atoms with Gasteiger partial charge in [-0.3, -0.25) is 9.89 Å². The van der Waals surface area contributed by atoms with Gasteiger partial charge in [-0.05, 0) is 36.4 Å². The van der Waals surface area contributed by atoms with E-state index in [1.807, 2.05) is 41.3 Å². The molecule has 1 aliphatic heterocycles. The molecule has 0 unspecified atom stereocenters. The fourth-order valence-corrected chi connectivity index (χ4v) is 4.09. The molecule has 1 aliphatic rings. The highest BCUT2D eigenvalue weighted by atomic mass is 32.1. The number of hydrogen-bond donors (Lipinski definition) is 1. The Hall–Kier alpha value is -2.40. The van der Waals surface area contributed by atoms with Gasteiger partial charge in [-0.15, -0.1) is 11.3 Å². The van der Waals surface area contributed by atoms with Gasteiger partial charge in [0.25, 0.3) is 5.91 Å². The van der Waals surface area contributed by atoms with E-state index in [0.29, 0.717) is 5.69 Å². The van der Waals surface area contributed by atoms with Crippen molar-refractivity contribution in [2.45, 2.75) is 19.4 Å². The van der Waals surface area contributed by atoms with Crippen molar-refractivity contribution in [3.05, 3.63) is 64.0 Å². The molecule has 3 aromatic rings. The molecule has 0 spiro atoms. The van der Waals surface area contributed by atoms with Gasteiger partial charge in [0.1, 0.15) is 5.69 Å². The molecule has 0 radical (unpaired) electrons. The van der Waals surface area contributed by atoms with Gasteiger partial charge in [0, 0.05) is 17.0 Å². The molecule has 5 heteroatoms. The minimum atomic E-state index is 0.0176. The minimum Gasteiger partial charge on any atom is -0.330 e. The van der Waals surface area contributed by atoms with E-state index in [4.69, 9.17) is 0 Å². The summed E-state index contributed by atoms with van der Waals surface area (Å²) in [4.78, 5) is 16.2. The normalized spacial score (nSPS) is 17.1. The first-order valence-electron chi connectivity index (χ1n) is 7.72. The lowest BCUT2D eigenvalue weighted by Gasteiger charge is -2.33. The lowest BCUT2D eigenvalue weighted by atomic mass is 10.0. The molecule has 2 aromatic heterocycles.